The van der Waals surface area contributed by atoms with Crippen molar-refractivity contribution in [3.63, 3.8) is 0 Å². The maximum atomic E-state index is 12.6. The summed E-state index contributed by atoms with van der Waals surface area (Å²) in [6, 6.07) is 7.48. The molecule has 18 nitrogen and oxygen atoms in total. The molecule has 0 bridgehead atoms. The van der Waals surface area contributed by atoms with Crippen LogP contribution in [0.1, 0.15) is 18.4 Å². The van der Waals surface area contributed by atoms with Crippen LogP contribution >= 0.6 is 0 Å². The van der Waals surface area contributed by atoms with Crippen molar-refractivity contribution in [2.24, 2.45) is 0 Å². The van der Waals surface area contributed by atoms with Crippen LogP contribution in [0.3, 0.4) is 0 Å². The van der Waals surface area contributed by atoms with Crippen LogP contribution in [-0.4, -0.2) is 196 Å². The number of halogens is 3. The van der Waals surface area contributed by atoms with Crippen LogP contribution in [0.5, 0.6) is 0 Å². The summed E-state index contributed by atoms with van der Waals surface area (Å²) in [5.41, 5.74) is 1.74. The van der Waals surface area contributed by atoms with Crippen LogP contribution in [0, 0.1) is 0 Å². The highest BCUT2D eigenvalue weighted by Crippen LogP contribution is 2.14. The third kappa shape index (κ3) is 29.7. The third-order valence-corrected chi connectivity index (χ3v) is 7.77. The van der Waals surface area contributed by atoms with E-state index in [2.05, 4.69) is 31.0 Å². The van der Waals surface area contributed by atoms with Gasteiger partial charge in [0.05, 0.1) is 153 Å². The molecule has 0 spiro atoms. The molecule has 22 heteroatoms. The lowest BCUT2D eigenvalue weighted by atomic mass is 9.90. The van der Waals surface area contributed by atoms with Gasteiger partial charge in [-0.15, -0.1) is 20.4 Å². The highest BCUT2D eigenvalue weighted by molar-refractivity contribution is 6.58. The van der Waals surface area contributed by atoms with Crippen LogP contribution in [0.25, 0.3) is 11.4 Å². The van der Waals surface area contributed by atoms with Crippen molar-refractivity contribution in [1.29, 1.82) is 0 Å². The Bertz CT molecular complexity index is 1330. The molecule has 0 fully saturated rings. The zero-order valence-corrected chi connectivity index (χ0v) is 33.8. The lowest BCUT2D eigenvalue weighted by Gasteiger charge is -2.34. The number of hydrogen-bond donors (Lipinski definition) is 2. The number of amides is 2. The summed E-state index contributed by atoms with van der Waals surface area (Å²) in [4.78, 5) is 23.9. The number of rotatable bonds is 38. The van der Waals surface area contributed by atoms with E-state index in [0.29, 0.717) is 125 Å². The predicted octanol–water partition coefficient (Wildman–Crippen LogP) is 1.06. The largest absolute Gasteiger partial charge is 0.531 e. The normalized spacial score (nSPS) is 11.9. The summed E-state index contributed by atoms with van der Waals surface area (Å²) in [6.07, 6.45) is 0.766. The average molecular weight is 836 g/mol. The second-order valence-electron chi connectivity index (χ2n) is 13.3. The Labute approximate surface area is 338 Å². The van der Waals surface area contributed by atoms with E-state index in [1.54, 1.807) is 0 Å². The highest BCUT2D eigenvalue weighted by Gasteiger charge is 2.33. The lowest BCUT2D eigenvalue weighted by Crippen LogP contribution is -2.52. The number of quaternary nitrogens is 1. The number of likely N-dealkylation sites (N-methyl/N-ethyl adjacent to an activating group) is 1. The molecule has 2 aromatic rings. The number of benzene rings is 1. The quantitative estimate of drug-likeness (QED) is 0.0554. The maximum Gasteiger partial charge on any atom is 0.531 e. The monoisotopic (exact) mass is 835 g/mol. The van der Waals surface area contributed by atoms with E-state index < -0.39 is 13.4 Å². The van der Waals surface area contributed by atoms with Crippen molar-refractivity contribution in [1.82, 2.24) is 31.0 Å². The van der Waals surface area contributed by atoms with Gasteiger partial charge in [0, 0.05) is 24.9 Å². The van der Waals surface area contributed by atoms with Gasteiger partial charge in [-0.1, -0.05) is 24.3 Å². The van der Waals surface area contributed by atoms with E-state index in [-0.39, 0.29) is 48.8 Å². The minimum absolute atomic E-state index is 0.102. The fourth-order valence-corrected chi connectivity index (χ4v) is 4.81. The number of ether oxygens (including phenoxy) is 9. The molecule has 0 radical (unpaired) electrons. The van der Waals surface area contributed by atoms with Crippen molar-refractivity contribution >= 4 is 18.8 Å². The van der Waals surface area contributed by atoms with Gasteiger partial charge in [-0.05, 0) is 5.56 Å². The second-order valence-corrected chi connectivity index (χ2v) is 13.3. The molecule has 1 aromatic carbocycles. The minimum Gasteiger partial charge on any atom is -0.445 e. The minimum atomic E-state index is -4.88. The van der Waals surface area contributed by atoms with Gasteiger partial charge in [-0.3, -0.25) is 9.59 Å². The van der Waals surface area contributed by atoms with Gasteiger partial charge >= 0.3 is 6.98 Å². The molecule has 330 valence electrons. The second kappa shape index (κ2) is 32.4. The molecular weight excluding hydrogens is 774 g/mol. The fourth-order valence-electron chi connectivity index (χ4n) is 4.81. The van der Waals surface area contributed by atoms with E-state index in [1.807, 2.05) is 24.3 Å². The van der Waals surface area contributed by atoms with Crippen molar-refractivity contribution < 1.29 is 69.7 Å². The summed E-state index contributed by atoms with van der Waals surface area (Å²) in [7, 11) is 2.97. The zero-order valence-electron chi connectivity index (χ0n) is 33.8. The molecule has 1 aromatic heterocycles. The first kappa shape index (κ1) is 50.7. The Morgan fingerprint density at radius 2 is 0.931 bits per heavy atom. The first-order chi connectivity index (χ1) is 28.0. The fraction of sp³-hybridized carbons (Fsp3) is 0.722. The third-order valence-electron chi connectivity index (χ3n) is 7.77. The van der Waals surface area contributed by atoms with E-state index in [4.69, 9.17) is 42.6 Å². The Morgan fingerprint density at radius 3 is 1.31 bits per heavy atom. The molecule has 0 aliphatic rings. The molecule has 0 unspecified atom stereocenters. The smallest absolute Gasteiger partial charge is 0.445 e. The number of nitrogens with one attached hydrogen (secondary N) is 2. The Kier molecular flexibility index (Phi) is 28.3. The van der Waals surface area contributed by atoms with Crippen molar-refractivity contribution in [2.75, 3.05) is 153 Å². The van der Waals surface area contributed by atoms with Crippen molar-refractivity contribution in [3.05, 3.63) is 36.2 Å². The van der Waals surface area contributed by atoms with Gasteiger partial charge in [0.15, 0.2) is 6.33 Å². The van der Waals surface area contributed by atoms with Gasteiger partial charge in [0.2, 0.25) is 17.6 Å². The summed E-state index contributed by atoms with van der Waals surface area (Å²) in [5.74, 6) is 0.0721. The van der Waals surface area contributed by atoms with Gasteiger partial charge in [-0.2, -0.15) is 0 Å². The topological polar surface area (TPSA) is 193 Å². The number of aromatic nitrogens is 4. The Morgan fingerprint density at radius 1 is 0.569 bits per heavy atom. The summed E-state index contributed by atoms with van der Waals surface area (Å²) in [6.45, 7) is 3.02. The molecule has 58 heavy (non-hydrogen) atoms. The number of hydrogen-bond acceptors (Lipinski definition) is 15. The van der Waals surface area contributed by atoms with Crippen LogP contribution in [0.4, 0.5) is 12.9 Å². The Balaban J connectivity index is 1.21. The molecule has 2 N–H and O–H groups in total. The van der Waals surface area contributed by atoms with E-state index in [0.717, 1.165) is 11.1 Å². The standard InChI is InChI=1S/C36H61BF3N7O11/c1-47(2,30-37(38,39)40)10-9-41-34(48)7-11-50-13-15-52-17-19-54-21-23-56-25-27-58-28-26-57-24-22-55-20-18-53-16-14-51-12-8-35(49)42-29-32-3-5-33(6-4-32)36-45-43-31-44-46-36/h3-6,31H,7-30H2,1-2H3,(H,41,48)(H,42,49). The molecule has 0 saturated heterocycles. The van der Waals surface area contributed by atoms with Crippen LogP contribution in [0.2, 0.25) is 0 Å². The first-order valence-corrected chi connectivity index (χ1v) is 19.4. The zero-order chi connectivity index (χ0) is 42.0. The molecule has 2 amide bonds. The van der Waals surface area contributed by atoms with E-state index in [9.17, 15) is 22.5 Å². The van der Waals surface area contributed by atoms with Crippen molar-refractivity contribution in [3.8, 4) is 11.4 Å². The summed E-state index contributed by atoms with van der Waals surface area (Å²) < 4.78 is 86.6. The molecular formula is C36H61BF3N7O11. The average Bonchev–Trinajstić information content (AvgIpc) is 3.19. The summed E-state index contributed by atoms with van der Waals surface area (Å²) in [5, 5.41) is 20.8. The molecule has 1 heterocycles. The highest BCUT2D eigenvalue weighted by atomic mass is 19.4. The number of carbonyl (C=O) groups excluding carboxylic acids is 2. The van der Waals surface area contributed by atoms with E-state index >= 15 is 0 Å². The molecule has 0 aliphatic heterocycles. The van der Waals surface area contributed by atoms with Gasteiger partial charge in [0.25, 0.3) is 0 Å². The molecule has 2 rings (SSSR count). The van der Waals surface area contributed by atoms with Crippen LogP contribution in [-0.2, 0) is 58.8 Å². The maximum absolute atomic E-state index is 12.6. The summed E-state index contributed by atoms with van der Waals surface area (Å²) >= 11 is 0. The van der Waals surface area contributed by atoms with Crippen LogP contribution in [0.15, 0.2) is 30.6 Å². The first-order valence-electron chi connectivity index (χ1n) is 19.4. The van der Waals surface area contributed by atoms with Crippen molar-refractivity contribution in [2.45, 2.75) is 19.4 Å². The van der Waals surface area contributed by atoms with Gasteiger partial charge in [0.1, 0.15) is 0 Å². The number of nitrogens with zero attached hydrogens (tertiary/aromatic N) is 5. The predicted molar refractivity (Wildman–Crippen MR) is 205 cm³/mol. The van der Waals surface area contributed by atoms with Crippen LogP contribution < -0.4 is 10.6 Å². The number of carbonyl (C=O) groups is 2. The van der Waals surface area contributed by atoms with Gasteiger partial charge in [-0.25, -0.2) is 0 Å². The van der Waals surface area contributed by atoms with E-state index in [1.165, 1.54) is 20.4 Å². The lowest BCUT2D eigenvalue weighted by molar-refractivity contribution is -0.880. The van der Waals surface area contributed by atoms with Gasteiger partial charge < -0.3 is 70.7 Å². The Hall–Kier alpha value is -3.45. The molecule has 0 saturated carbocycles. The molecule has 0 aliphatic carbocycles. The SMILES string of the molecule is C[N+](C)(CCNC(=O)CCOCCOCCOCCOCCOCCOCCOCCOCCOCCC(=O)NCc1ccc(-c2nncnn2)cc1)C[B-](F)(F)F. The molecule has 0 atom stereocenters.